The van der Waals surface area contributed by atoms with Crippen LogP contribution in [-0.4, -0.2) is 194 Å². The van der Waals surface area contributed by atoms with Gasteiger partial charge in [-0.2, -0.15) is 0 Å². The van der Waals surface area contributed by atoms with Crippen LogP contribution in [0.5, 0.6) is 0 Å². The van der Waals surface area contributed by atoms with Crippen LogP contribution in [-0.2, 0) is 62.3 Å². The number of likely N-dealkylation sites (tertiary alicyclic amines) is 3. The average Bonchev–Trinajstić information content (AvgIpc) is 4.17. The molecule has 12 N–H and O–H groups in total. The fourth-order valence-electron chi connectivity index (χ4n) is 9.06. The van der Waals surface area contributed by atoms with E-state index < -0.39 is 157 Å². The molecule has 0 radical (unpaired) electrons. The number of hydrogen-bond donors (Lipinski definition) is 11. The third-order valence-corrected chi connectivity index (χ3v) is 12.9. The zero-order valence-corrected chi connectivity index (χ0v) is 40.1. The predicted molar refractivity (Wildman–Crippen MR) is 244 cm³/mol. The molecule has 4 aliphatic heterocycles. The molecule has 10 atom stereocenters. The Morgan fingerprint density at radius 2 is 0.887 bits per heavy atom. The number of primary amides is 1. The first-order valence-electron chi connectivity index (χ1n) is 23.9. The quantitative estimate of drug-likeness (QED) is 0.0413. The Kier molecular flexibility index (Phi) is 21.0. The average molecular weight is 1010 g/mol. The zero-order valence-electron chi connectivity index (χ0n) is 40.1. The van der Waals surface area contributed by atoms with Gasteiger partial charge in [0.25, 0.3) is 0 Å². The van der Waals surface area contributed by atoms with Gasteiger partial charge >= 0.3 is 17.9 Å². The van der Waals surface area contributed by atoms with E-state index in [0.717, 1.165) is 16.2 Å². The van der Waals surface area contributed by atoms with Gasteiger partial charge in [-0.05, 0) is 97.9 Å². The lowest BCUT2D eigenvalue weighted by atomic mass is 10.1. The molecule has 0 aromatic rings. The number of rotatable bonds is 25. The van der Waals surface area contributed by atoms with E-state index in [4.69, 9.17) is 5.73 Å². The summed E-state index contributed by atoms with van der Waals surface area (Å²) >= 11 is 0. The standard InChI is InChI=1S/C44H67N11O16/c1-22(47-36(62)26(12-15-32(45)56)50-35(61)25-8-4-18-46-25)41(67)53-19-5-10-30(53)39(65)51-27(13-16-33(57)58)37(63)48-23(2)42(68)54-20-6-11-31(54)40(66)52-28(14-17-34(59)60)43(69)55-21-7-9-29(55)38(64)49-24(3)44(70)71/h22-31,46H,4-21H2,1-3H3,(H2,45,56)(H,47,62)(H,48,63)(H,49,64)(H,50,61)(H,51,65)(H,52,66)(H,57,58)(H,59,60)(H,70,71)/t22-,23-,24-,25-,26-,27-,28-,29-,30-,31-/m0/s1. The first-order chi connectivity index (χ1) is 33.5. The number of amides is 10. The molecule has 0 bridgehead atoms. The van der Waals surface area contributed by atoms with E-state index in [2.05, 4.69) is 37.2 Å². The molecule has 27 heteroatoms. The monoisotopic (exact) mass is 1010 g/mol. The van der Waals surface area contributed by atoms with Gasteiger partial charge in [0.2, 0.25) is 59.1 Å². The summed E-state index contributed by atoms with van der Waals surface area (Å²) in [4.78, 5) is 171. The molecule has 0 aromatic heterocycles. The molecule has 0 aromatic carbocycles. The summed E-state index contributed by atoms with van der Waals surface area (Å²) in [6, 6.07) is -12.0. The summed E-state index contributed by atoms with van der Waals surface area (Å²) in [5, 5.41) is 46.1. The van der Waals surface area contributed by atoms with Crippen LogP contribution in [0, 0.1) is 0 Å². The highest BCUT2D eigenvalue weighted by molar-refractivity contribution is 5.99. The van der Waals surface area contributed by atoms with Crippen LogP contribution in [0.3, 0.4) is 0 Å². The van der Waals surface area contributed by atoms with Crippen LogP contribution in [0.1, 0.15) is 111 Å². The van der Waals surface area contributed by atoms with Crippen LogP contribution in [0.25, 0.3) is 0 Å². The third kappa shape index (κ3) is 16.0. The molecule has 394 valence electrons. The van der Waals surface area contributed by atoms with Gasteiger partial charge in [-0.1, -0.05) is 0 Å². The Hall–Kier alpha value is -6.93. The Morgan fingerprint density at radius 3 is 1.30 bits per heavy atom. The fraction of sp³-hybridized carbons (Fsp3) is 0.705. The fourth-order valence-corrected chi connectivity index (χ4v) is 9.06. The van der Waals surface area contributed by atoms with Crippen LogP contribution < -0.4 is 43.0 Å². The summed E-state index contributed by atoms with van der Waals surface area (Å²) in [5.41, 5.74) is 5.29. The largest absolute Gasteiger partial charge is 0.481 e. The van der Waals surface area contributed by atoms with Crippen molar-refractivity contribution < 1.29 is 77.6 Å². The highest BCUT2D eigenvalue weighted by atomic mass is 16.4. The van der Waals surface area contributed by atoms with Gasteiger partial charge in [0.05, 0.1) is 6.04 Å². The zero-order chi connectivity index (χ0) is 52.7. The number of carboxylic acid groups (broad SMARTS) is 3. The molecule has 0 aliphatic carbocycles. The Morgan fingerprint density at radius 1 is 0.493 bits per heavy atom. The van der Waals surface area contributed by atoms with Gasteiger partial charge in [0.15, 0.2) is 0 Å². The highest BCUT2D eigenvalue weighted by Crippen LogP contribution is 2.23. The van der Waals surface area contributed by atoms with Crippen molar-refractivity contribution in [3.8, 4) is 0 Å². The summed E-state index contributed by atoms with van der Waals surface area (Å²) < 4.78 is 0. The molecule has 0 spiro atoms. The molecule has 4 fully saturated rings. The molecule has 4 saturated heterocycles. The Balaban J connectivity index is 1.40. The van der Waals surface area contributed by atoms with E-state index in [-0.39, 0.29) is 58.2 Å². The van der Waals surface area contributed by atoms with Crippen LogP contribution >= 0.6 is 0 Å². The van der Waals surface area contributed by atoms with Crippen molar-refractivity contribution in [3.63, 3.8) is 0 Å². The lowest BCUT2D eigenvalue weighted by molar-refractivity contribution is -0.146. The molecule has 4 aliphatic rings. The van der Waals surface area contributed by atoms with Gasteiger partial charge in [-0.25, -0.2) is 0 Å². The first-order valence-corrected chi connectivity index (χ1v) is 23.9. The topological polar surface area (TPSA) is 403 Å². The first kappa shape index (κ1) is 56.7. The summed E-state index contributed by atoms with van der Waals surface area (Å²) in [6.45, 7) is 4.70. The highest BCUT2D eigenvalue weighted by Gasteiger charge is 2.43. The number of nitrogens with two attached hydrogens (primary N) is 1. The summed E-state index contributed by atoms with van der Waals surface area (Å²) in [5.74, 6) is -11.4. The second-order valence-electron chi connectivity index (χ2n) is 18.3. The maximum Gasteiger partial charge on any atom is 0.325 e. The van der Waals surface area contributed by atoms with E-state index in [0.29, 0.717) is 32.2 Å². The van der Waals surface area contributed by atoms with E-state index >= 15 is 0 Å². The van der Waals surface area contributed by atoms with Crippen LogP contribution in [0.15, 0.2) is 0 Å². The SMILES string of the molecule is C[C@H](NC(=O)[C@@H]1CCCN1C(=O)[C@H](CCC(=O)O)NC(=O)[C@@H]1CCCN1C(=O)[C@H](C)NC(=O)[C@H](CCC(=O)O)NC(=O)[C@@H]1CCCN1C(=O)[C@H](C)NC(=O)[C@H](CCC(N)=O)NC(=O)[C@@H]1CCCN1)C(=O)O. The van der Waals surface area contributed by atoms with E-state index in [1.807, 2.05) is 0 Å². The maximum absolute atomic E-state index is 13.9. The van der Waals surface area contributed by atoms with Gasteiger partial charge in [0.1, 0.15) is 54.4 Å². The third-order valence-electron chi connectivity index (χ3n) is 12.9. The normalized spacial score (nSPS) is 22.2. The number of hydrogen-bond acceptors (Lipinski definition) is 14. The van der Waals surface area contributed by atoms with Crippen molar-refractivity contribution in [1.29, 1.82) is 0 Å². The number of carbonyl (C=O) groups is 13. The Labute approximate surface area is 408 Å². The second kappa shape index (κ2) is 26.3. The number of nitrogens with one attached hydrogen (secondary N) is 7. The lowest BCUT2D eigenvalue weighted by Crippen LogP contribution is -2.59. The molecule has 0 unspecified atom stereocenters. The summed E-state index contributed by atoms with van der Waals surface area (Å²) in [6.07, 6.45) is 0.392. The molecular formula is C44H67N11O16. The molecule has 27 nitrogen and oxygen atoms in total. The Bertz CT molecular complexity index is 2070. The van der Waals surface area contributed by atoms with Crippen molar-refractivity contribution >= 4 is 77.0 Å². The van der Waals surface area contributed by atoms with Crippen molar-refractivity contribution in [1.82, 2.24) is 51.9 Å². The molecule has 10 amide bonds. The number of aliphatic carboxylic acids is 3. The van der Waals surface area contributed by atoms with Crippen LogP contribution in [0.2, 0.25) is 0 Å². The predicted octanol–water partition coefficient (Wildman–Crippen LogP) is -4.24. The minimum atomic E-state index is -1.53. The van der Waals surface area contributed by atoms with Gasteiger partial charge in [-0.3, -0.25) is 62.3 Å². The smallest absolute Gasteiger partial charge is 0.325 e. The molecule has 71 heavy (non-hydrogen) atoms. The summed E-state index contributed by atoms with van der Waals surface area (Å²) in [7, 11) is 0. The minimum absolute atomic E-state index is 0.0329. The van der Waals surface area contributed by atoms with Crippen molar-refractivity contribution in [3.05, 3.63) is 0 Å². The maximum atomic E-state index is 13.9. The van der Waals surface area contributed by atoms with Crippen molar-refractivity contribution in [2.24, 2.45) is 5.73 Å². The number of carbonyl (C=O) groups excluding carboxylic acids is 10. The molecule has 0 saturated carbocycles. The molecule has 4 heterocycles. The van der Waals surface area contributed by atoms with Gasteiger partial charge in [0, 0.05) is 38.9 Å². The number of nitrogens with zero attached hydrogens (tertiary/aromatic N) is 3. The van der Waals surface area contributed by atoms with Gasteiger partial charge < -0.3 is 73.0 Å². The lowest BCUT2D eigenvalue weighted by Gasteiger charge is -2.32. The van der Waals surface area contributed by atoms with Crippen molar-refractivity contribution in [2.45, 2.75) is 171 Å². The molecule has 4 rings (SSSR count). The second-order valence-corrected chi connectivity index (χ2v) is 18.3. The van der Waals surface area contributed by atoms with Crippen molar-refractivity contribution in [2.75, 3.05) is 26.2 Å². The minimum Gasteiger partial charge on any atom is -0.481 e. The van der Waals surface area contributed by atoms with Gasteiger partial charge in [-0.15, -0.1) is 0 Å². The van der Waals surface area contributed by atoms with E-state index in [9.17, 15) is 77.6 Å². The van der Waals surface area contributed by atoms with Crippen LogP contribution in [0.4, 0.5) is 0 Å². The number of carboxylic acids is 3. The molecular weight excluding hydrogens is 939 g/mol. The van der Waals surface area contributed by atoms with E-state index in [1.54, 1.807) is 0 Å². The van der Waals surface area contributed by atoms with E-state index in [1.165, 1.54) is 25.7 Å².